The number of rotatable bonds is 6. The minimum atomic E-state index is -0.741. The molecule has 1 saturated heterocycles. The summed E-state index contributed by atoms with van der Waals surface area (Å²) in [4.78, 5) is 28.7. The third-order valence-electron chi connectivity index (χ3n) is 5.82. The molecule has 31 heavy (non-hydrogen) atoms. The second-order valence-electron chi connectivity index (χ2n) is 8.71. The lowest BCUT2D eigenvalue weighted by atomic mass is 9.97. The molecule has 0 bridgehead atoms. The lowest BCUT2D eigenvalue weighted by Gasteiger charge is -2.23. The van der Waals surface area contributed by atoms with Gasteiger partial charge in [-0.25, -0.2) is 0 Å². The number of carbonyl (C=O) groups excluding carboxylic acids is 2. The van der Waals surface area contributed by atoms with E-state index in [1.54, 1.807) is 24.3 Å². The van der Waals surface area contributed by atoms with Crippen molar-refractivity contribution in [3.8, 4) is 5.75 Å². The van der Waals surface area contributed by atoms with Crippen molar-refractivity contribution in [3.63, 3.8) is 0 Å². The number of quaternary nitrogens is 1. The second-order valence-corrected chi connectivity index (χ2v) is 8.71. The number of aliphatic hydroxyl groups is 1. The minimum absolute atomic E-state index is 0.0721. The highest BCUT2D eigenvalue weighted by Gasteiger charge is 2.47. The number of hydrogen-bond donors (Lipinski definition) is 2. The van der Waals surface area contributed by atoms with Crippen molar-refractivity contribution in [2.75, 3.05) is 27.2 Å². The average molecular weight is 426 g/mol. The van der Waals surface area contributed by atoms with E-state index in [0.29, 0.717) is 23.6 Å². The molecule has 3 heterocycles. The van der Waals surface area contributed by atoms with Crippen LogP contribution in [0.1, 0.15) is 42.0 Å². The first-order chi connectivity index (χ1) is 14.8. The average Bonchev–Trinajstić information content (AvgIpc) is 3.37. The van der Waals surface area contributed by atoms with E-state index in [9.17, 15) is 14.7 Å². The van der Waals surface area contributed by atoms with Gasteiger partial charge in [-0.3, -0.25) is 9.59 Å². The zero-order valence-electron chi connectivity index (χ0n) is 18.4. The molecule has 7 nitrogen and oxygen atoms in total. The third kappa shape index (κ3) is 3.97. The van der Waals surface area contributed by atoms with Gasteiger partial charge in [-0.15, -0.1) is 0 Å². The van der Waals surface area contributed by atoms with Crippen LogP contribution in [0.2, 0.25) is 0 Å². The maximum atomic E-state index is 13.0. The Kier molecular flexibility index (Phi) is 5.62. The molecule has 2 aromatic rings. The fraction of sp³-hybridized carbons (Fsp3) is 0.417. The molecule has 1 fully saturated rings. The molecule has 1 aromatic heterocycles. The molecule has 0 aliphatic carbocycles. The minimum Gasteiger partial charge on any atom is -0.507 e. The SMILES string of the molecule is Cc1ccc([C@H]2C(=C(O)c3ccc4c(c3)C[C@@H](C)O4)C(=O)C(=O)N2CCC[NH+](C)C)o1. The number of carbonyl (C=O) groups is 2. The molecule has 164 valence electrons. The van der Waals surface area contributed by atoms with E-state index in [2.05, 4.69) is 0 Å². The first-order valence-corrected chi connectivity index (χ1v) is 10.7. The molecule has 0 radical (unpaired) electrons. The van der Waals surface area contributed by atoms with Crippen molar-refractivity contribution in [3.05, 3.63) is 58.6 Å². The highest BCUT2D eigenvalue weighted by Crippen LogP contribution is 2.41. The van der Waals surface area contributed by atoms with Crippen LogP contribution in [0.5, 0.6) is 5.75 Å². The number of aliphatic hydroxyl groups excluding tert-OH is 1. The fourth-order valence-electron chi connectivity index (χ4n) is 4.33. The maximum absolute atomic E-state index is 13.0. The Morgan fingerprint density at radius 1 is 1.23 bits per heavy atom. The van der Waals surface area contributed by atoms with Crippen molar-refractivity contribution >= 4 is 17.4 Å². The van der Waals surface area contributed by atoms with Crippen LogP contribution >= 0.6 is 0 Å². The number of nitrogens with zero attached hydrogens (tertiary/aromatic N) is 1. The number of likely N-dealkylation sites (tertiary alicyclic amines) is 1. The van der Waals surface area contributed by atoms with E-state index < -0.39 is 17.7 Å². The smallest absolute Gasteiger partial charge is 0.295 e. The van der Waals surface area contributed by atoms with E-state index >= 15 is 0 Å². The van der Waals surface area contributed by atoms with Crippen LogP contribution in [0.15, 0.2) is 40.3 Å². The van der Waals surface area contributed by atoms with E-state index in [1.807, 2.05) is 34.0 Å². The Labute approximate surface area is 181 Å². The molecule has 0 saturated carbocycles. The van der Waals surface area contributed by atoms with Gasteiger partial charge in [0.2, 0.25) is 0 Å². The van der Waals surface area contributed by atoms with Crippen LogP contribution < -0.4 is 9.64 Å². The number of hydrogen-bond acceptors (Lipinski definition) is 5. The van der Waals surface area contributed by atoms with Gasteiger partial charge in [0, 0.05) is 24.9 Å². The van der Waals surface area contributed by atoms with Gasteiger partial charge in [-0.1, -0.05) is 0 Å². The summed E-state index contributed by atoms with van der Waals surface area (Å²) >= 11 is 0. The maximum Gasteiger partial charge on any atom is 0.295 e. The van der Waals surface area contributed by atoms with Crippen LogP contribution in [0, 0.1) is 6.92 Å². The molecule has 4 rings (SSSR count). The second kappa shape index (κ2) is 8.23. The number of amides is 1. The van der Waals surface area contributed by atoms with Gasteiger partial charge in [0.1, 0.15) is 35.2 Å². The predicted molar refractivity (Wildman–Crippen MR) is 115 cm³/mol. The molecule has 1 aromatic carbocycles. The van der Waals surface area contributed by atoms with Crippen molar-refractivity contribution in [1.29, 1.82) is 0 Å². The van der Waals surface area contributed by atoms with E-state index in [4.69, 9.17) is 9.15 Å². The normalized spacial score (nSPS) is 22.3. The highest BCUT2D eigenvalue weighted by atomic mass is 16.5. The summed E-state index contributed by atoms with van der Waals surface area (Å²) in [6, 6.07) is 8.18. The number of nitrogens with one attached hydrogen (secondary N) is 1. The predicted octanol–water partition coefficient (Wildman–Crippen LogP) is 1.87. The van der Waals surface area contributed by atoms with E-state index in [0.717, 1.165) is 30.7 Å². The molecule has 0 unspecified atom stereocenters. The number of furan rings is 1. The number of ketones is 1. The first kappa shape index (κ1) is 21.2. The van der Waals surface area contributed by atoms with Gasteiger partial charge in [0.05, 0.1) is 26.2 Å². The number of ether oxygens (including phenoxy) is 1. The summed E-state index contributed by atoms with van der Waals surface area (Å²) < 4.78 is 11.5. The van der Waals surface area contributed by atoms with Gasteiger partial charge in [0.25, 0.3) is 11.7 Å². The summed E-state index contributed by atoms with van der Waals surface area (Å²) in [5, 5.41) is 11.2. The highest BCUT2D eigenvalue weighted by molar-refractivity contribution is 6.46. The van der Waals surface area contributed by atoms with Crippen LogP contribution in [0.25, 0.3) is 5.76 Å². The van der Waals surface area contributed by atoms with Crippen LogP contribution in [0.3, 0.4) is 0 Å². The van der Waals surface area contributed by atoms with Crippen molar-refractivity contribution in [2.24, 2.45) is 0 Å². The molecular weight excluding hydrogens is 396 g/mol. The van der Waals surface area contributed by atoms with Crippen molar-refractivity contribution in [2.45, 2.75) is 38.8 Å². The molecule has 2 atom stereocenters. The zero-order chi connectivity index (χ0) is 22.3. The molecule has 2 aliphatic heterocycles. The fourth-order valence-corrected chi connectivity index (χ4v) is 4.33. The van der Waals surface area contributed by atoms with E-state index in [1.165, 1.54) is 9.80 Å². The Hall–Kier alpha value is -3.06. The molecule has 0 spiro atoms. The summed E-state index contributed by atoms with van der Waals surface area (Å²) in [6.07, 6.45) is 1.54. The van der Waals surface area contributed by atoms with Crippen LogP contribution in [-0.2, 0) is 16.0 Å². The number of Topliss-reactive ketones (excluding diaryl/α,β-unsaturated/α-hetero) is 1. The Morgan fingerprint density at radius 2 is 2.00 bits per heavy atom. The Balaban J connectivity index is 1.76. The quantitative estimate of drug-likeness (QED) is 0.419. The van der Waals surface area contributed by atoms with Gasteiger partial charge in [-0.05, 0) is 49.7 Å². The molecule has 2 N–H and O–H groups in total. The van der Waals surface area contributed by atoms with Gasteiger partial charge >= 0.3 is 0 Å². The largest absolute Gasteiger partial charge is 0.507 e. The summed E-state index contributed by atoms with van der Waals surface area (Å²) in [7, 11) is 4.08. The first-order valence-electron chi connectivity index (χ1n) is 10.7. The molecule has 1 amide bonds. The van der Waals surface area contributed by atoms with Crippen molar-refractivity contribution < 1.29 is 28.7 Å². The Morgan fingerprint density at radius 3 is 2.68 bits per heavy atom. The lowest BCUT2D eigenvalue weighted by molar-refractivity contribution is -0.858. The summed E-state index contributed by atoms with van der Waals surface area (Å²) in [6.45, 7) is 5.06. The monoisotopic (exact) mass is 425 g/mol. The number of aryl methyl sites for hydroxylation is 1. The van der Waals surface area contributed by atoms with E-state index in [-0.39, 0.29) is 17.4 Å². The summed E-state index contributed by atoms with van der Waals surface area (Å²) in [5.74, 6) is 0.483. The Bertz CT molecular complexity index is 1050. The van der Waals surface area contributed by atoms with Crippen LogP contribution in [0.4, 0.5) is 0 Å². The van der Waals surface area contributed by atoms with Gasteiger partial charge in [0.15, 0.2) is 0 Å². The lowest BCUT2D eigenvalue weighted by Crippen LogP contribution is -3.05. The van der Waals surface area contributed by atoms with Gasteiger partial charge < -0.3 is 24.1 Å². The van der Waals surface area contributed by atoms with Crippen LogP contribution in [-0.4, -0.2) is 55.0 Å². The number of benzene rings is 1. The van der Waals surface area contributed by atoms with Gasteiger partial charge in [-0.2, -0.15) is 0 Å². The standard InChI is InChI=1S/C24H28N2O5/c1-14-6-8-19(30-14)21-20(23(28)24(29)26(21)11-5-10-25(3)4)22(27)16-7-9-18-17(13-16)12-15(2)31-18/h6-9,13,15,21,27H,5,10-12H2,1-4H3/p+1/t15-,21+/m1/s1. The molecule has 2 aliphatic rings. The zero-order valence-corrected chi connectivity index (χ0v) is 18.4. The van der Waals surface area contributed by atoms with Crippen molar-refractivity contribution in [1.82, 2.24) is 4.90 Å². The third-order valence-corrected chi connectivity index (χ3v) is 5.82. The molecule has 7 heteroatoms. The summed E-state index contributed by atoms with van der Waals surface area (Å²) in [5.41, 5.74) is 1.55. The topological polar surface area (TPSA) is 84.4 Å². The number of fused-ring (bicyclic) bond motifs is 1. The molecular formula is C24H29N2O5+.